The van der Waals surface area contributed by atoms with Gasteiger partial charge in [-0.25, -0.2) is 18.9 Å². The molecule has 0 aliphatic heterocycles. The SMILES string of the molecule is O=C(O)c1ccc(Cn2cncn2)c(F)c1. The van der Waals surface area contributed by atoms with Crippen LogP contribution in [0.5, 0.6) is 0 Å². The minimum atomic E-state index is -1.15. The van der Waals surface area contributed by atoms with E-state index in [0.717, 1.165) is 6.07 Å². The molecular weight excluding hydrogens is 213 g/mol. The molecule has 0 unspecified atom stereocenters. The second-order valence-corrected chi connectivity index (χ2v) is 3.20. The number of carboxylic acids is 1. The highest BCUT2D eigenvalue weighted by Gasteiger charge is 2.08. The molecule has 0 radical (unpaired) electrons. The summed E-state index contributed by atoms with van der Waals surface area (Å²) in [4.78, 5) is 14.3. The van der Waals surface area contributed by atoms with Crippen molar-refractivity contribution >= 4 is 5.97 Å². The standard InChI is InChI=1S/C10H8FN3O2/c11-9-3-7(10(15)16)1-2-8(9)4-14-6-12-5-13-14/h1-3,5-6H,4H2,(H,15,16). The van der Waals surface area contributed by atoms with E-state index in [1.807, 2.05) is 0 Å². The zero-order chi connectivity index (χ0) is 11.5. The minimum absolute atomic E-state index is 0.0696. The summed E-state index contributed by atoms with van der Waals surface area (Å²) in [6, 6.07) is 3.78. The molecule has 0 bridgehead atoms. The summed E-state index contributed by atoms with van der Waals surface area (Å²) in [5.41, 5.74) is 0.301. The molecule has 0 amide bonds. The molecule has 2 rings (SSSR count). The topological polar surface area (TPSA) is 68.0 Å². The Morgan fingerprint density at radius 3 is 2.88 bits per heavy atom. The van der Waals surface area contributed by atoms with Gasteiger partial charge in [-0.05, 0) is 12.1 Å². The lowest BCUT2D eigenvalue weighted by Crippen LogP contribution is -2.04. The van der Waals surface area contributed by atoms with Crippen LogP contribution in [0.1, 0.15) is 15.9 Å². The van der Waals surface area contributed by atoms with Gasteiger partial charge in [0.15, 0.2) is 0 Å². The van der Waals surface area contributed by atoms with Crippen molar-refractivity contribution in [2.75, 3.05) is 0 Å². The first-order valence-electron chi connectivity index (χ1n) is 4.51. The van der Waals surface area contributed by atoms with Gasteiger partial charge in [-0.3, -0.25) is 0 Å². The number of nitrogens with zero attached hydrogens (tertiary/aromatic N) is 3. The number of carbonyl (C=O) groups is 1. The third-order valence-corrected chi connectivity index (χ3v) is 2.10. The van der Waals surface area contributed by atoms with Gasteiger partial charge >= 0.3 is 5.97 Å². The van der Waals surface area contributed by atoms with Crippen LogP contribution in [0.15, 0.2) is 30.9 Å². The maximum absolute atomic E-state index is 13.5. The Morgan fingerprint density at radius 2 is 2.31 bits per heavy atom. The number of halogens is 1. The van der Waals surface area contributed by atoms with E-state index in [-0.39, 0.29) is 12.1 Å². The number of aromatic carboxylic acids is 1. The van der Waals surface area contributed by atoms with E-state index in [2.05, 4.69) is 10.1 Å². The van der Waals surface area contributed by atoms with Crippen molar-refractivity contribution in [3.05, 3.63) is 47.8 Å². The van der Waals surface area contributed by atoms with Crippen LogP contribution in [-0.4, -0.2) is 25.8 Å². The molecule has 0 atom stereocenters. The number of carboxylic acid groups (broad SMARTS) is 1. The average Bonchev–Trinajstić information content (AvgIpc) is 2.73. The van der Waals surface area contributed by atoms with E-state index in [0.29, 0.717) is 5.56 Å². The summed E-state index contributed by atoms with van der Waals surface area (Å²) >= 11 is 0. The molecule has 6 heteroatoms. The molecule has 5 nitrogen and oxygen atoms in total. The normalized spacial score (nSPS) is 10.3. The largest absolute Gasteiger partial charge is 0.478 e. The molecular formula is C10H8FN3O2. The van der Waals surface area contributed by atoms with Crippen molar-refractivity contribution in [1.29, 1.82) is 0 Å². The summed E-state index contributed by atoms with van der Waals surface area (Å²) < 4.78 is 14.9. The van der Waals surface area contributed by atoms with Crippen LogP contribution in [0.2, 0.25) is 0 Å². The van der Waals surface area contributed by atoms with Crippen molar-refractivity contribution in [2.45, 2.75) is 6.54 Å². The molecule has 0 saturated carbocycles. The molecule has 2 aromatic rings. The zero-order valence-electron chi connectivity index (χ0n) is 8.17. The highest BCUT2D eigenvalue weighted by Crippen LogP contribution is 2.11. The first-order chi connectivity index (χ1) is 7.66. The maximum atomic E-state index is 13.5. The Kier molecular flexibility index (Phi) is 2.63. The lowest BCUT2D eigenvalue weighted by molar-refractivity contribution is 0.0696. The summed E-state index contributed by atoms with van der Waals surface area (Å²) in [5, 5.41) is 12.5. The van der Waals surface area contributed by atoms with Gasteiger partial charge in [-0.2, -0.15) is 5.10 Å². The van der Waals surface area contributed by atoms with Crippen LogP contribution >= 0.6 is 0 Å². The fraction of sp³-hybridized carbons (Fsp3) is 0.100. The number of hydrogen-bond donors (Lipinski definition) is 1. The molecule has 16 heavy (non-hydrogen) atoms. The molecule has 1 aromatic carbocycles. The number of hydrogen-bond acceptors (Lipinski definition) is 3. The Hall–Kier alpha value is -2.24. The number of aromatic nitrogens is 3. The van der Waals surface area contributed by atoms with Crippen LogP contribution in [0.4, 0.5) is 4.39 Å². The number of rotatable bonds is 3. The average molecular weight is 221 g/mol. The lowest BCUT2D eigenvalue weighted by Gasteiger charge is -2.03. The fourth-order valence-corrected chi connectivity index (χ4v) is 1.30. The Balaban J connectivity index is 2.26. The molecule has 1 aromatic heterocycles. The lowest BCUT2D eigenvalue weighted by atomic mass is 10.1. The van der Waals surface area contributed by atoms with Crippen molar-refractivity contribution in [3.63, 3.8) is 0 Å². The quantitative estimate of drug-likeness (QED) is 0.844. The second-order valence-electron chi connectivity index (χ2n) is 3.20. The zero-order valence-corrected chi connectivity index (χ0v) is 8.17. The molecule has 0 fully saturated rings. The van der Waals surface area contributed by atoms with Crippen molar-refractivity contribution in [1.82, 2.24) is 14.8 Å². The van der Waals surface area contributed by atoms with Gasteiger partial charge in [0.05, 0.1) is 12.1 Å². The van der Waals surface area contributed by atoms with E-state index >= 15 is 0 Å². The molecule has 1 N–H and O–H groups in total. The van der Waals surface area contributed by atoms with Crippen LogP contribution in [0.3, 0.4) is 0 Å². The van der Waals surface area contributed by atoms with Gasteiger partial charge in [0.1, 0.15) is 18.5 Å². The van der Waals surface area contributed by atoms with Crippen LogP contribution in [0.25, 0.3) is 0 Å². The van der Waals surface area contributed by atoms with Crippen LogP contribution < -0.4 is 0 Å². The molecule has 82 valence electrons. The monoisotopic (exact) mass is 221 g/mol. The van der Waals surface area contributed by atoms with E-state index in [4.69, 9.17) is 5.11 Å². The first kappa shape index (κ1) is 10.3. The van der Waals surface area contributed by atoms with E-state index in [1.54, 1.807) is 0 Å². The highest BCUT2D eigenvalue weighted by atomic mass is 19.1. The van der Waals surface area contributed by atoms with Gasteiger partial charge in [-0.15, -0.1) is 0 Å². The molecule has 0 aliphatic rings. The molecule has 1 heterocycles. The van der Waals surface area contributed by atoms with E-state index in [9.17, 15) is 9.18 Å². The van der Waals surface area contributed by atoms with Gasteiger partial charge in [0, 0.05) is 5.56 Å². The van der Waals surface area contributed by atoms with Crippen LogP contribution in [0, 0.1) is 5.82 Å². The summed E-state index contributed by atoms with van der Waals surface area (Å²) in [6.07, 6.45) is 2.81. The van der Waals surface area contributed by atoms with Crippen LogP contribution in [-0.2, 0) is 6.54 Å². The molecule has 0 aliphatic carbocycles. The van der Waals surface area contributed by atoms with Gasteiger partial charge in [-0.1, -0.05) is 6.07 Å². The minimum Gasteiger partial charge on any atom is -0.478 e. The Labute approximate surface area is 90.2 Å². The van der Waals surface area contributed by atoms with Gasteiger partial charge < -0.3 is 5.11 Å². The van der Waals surface area contributed by atoms with Crippen molar-refractivity contribution < 1.29 is 14.3 Å². The first-order valence-corrected chi connectivity index (χ1v) is 4.51. The summed E-state index contributed by atoms with van der Waals surface area (Å²) in [7, 11) is 0. The van der Waals surface area contributed by atoms with Crippen molar-refractivity contribution in [2.24, 2.45) is 0 Å². The fourth-order valence-electron chi connectivity index (χ4n) is 1.30. The Morgan fingerprint density at radius 1 is 1.50 bits per heavy atom. The van der Waals surface area contributed by atoms with Crippen molar-refractivity contribution in [3.8, 4) is 0 Å². The predicted molar refractivity (Wildman–Crippen MR) is 52.5 cm³/mol. The Bertz CT molecular complexity index is 511. The summed E-state index contributed by atoms with van der Waals surface area (Å²) in [5.74, 6) is -1.71. The maximum Gasteiger partial charge on any atom is 0.335 e. The number of benzene rings is 1. The molecule has 0 saturated heterocycles. The highest BCUT2D eigenvalue weighted by molar-refractivity contribution is 5.87. The third-order valence-electron chi connectivity index (χ3n) is 2.10. The van der Waals surface area contributed by atoms with E-state index in [1.165, 1.54) is 29.5 Å². The van der Waals surface area contributed by atoms with E-state index < -0.39 is 11.8 Å². The smallest absolute Gasteiger partial charge is 0.335 e. The van der Waals surface area contributed by atoms with Gasteiger partial charge in [0.25, 0.3) is 0 Å². The predicted octanol–water partition coefficient (Wildman–Crippen LogP) is 1.16. The third kappa shape index (κ3) is 2.05. The second kappa shape index (κ2) is 4.09. The summed E-state index contributed by atoms with van der Waals surface area (Å²) in [6.45, 7) is 0.228. The van der Waals surface area contributed by atoms with Gasteiger partial charge in [0.2, 0.25) is 0 Å². The molecule has 0 spiro atoms.